The van der Waals surface area contributed by atoms with Crippen LogP contribution >= 0.6 is 0 Å². The number of nitrogens with one attached hydrogen (secondary N) is 2. The van der Waals surface area contributed by atoms with Crippen LogP contribution in [0.2, 0.25) is 0 Å². The van der Waals surface area contributed by atoms with Gasteiger partial charge in [0, 0.05) is 17.4 Å². The minimum Gasteiger partial charge on any atom is -0.410 e. The molecule has 0 heterocycles. The number of primary amides is 1. The van der Waals surface area contributed by atoms with Gasteiger partial charge in [0.25, 0.3) is 0 Å². The summed E-state index contributed by atoms with van der Waals surface area (Å²) in [6, 6.07) is 14.6. The van der Waals surface area contributed by atoms with Crippen molar-refractivity contribution in [3.05, 3.63) is 54.6 Å². The van der Waals surface area contributed by atoms with Crippen LogP contribution in [-0.4, -0.2) is 12.1 Å². The van der Waals surface area contributed by atoms with Gasteiger partial charge >= 0.3 is 12.1 Å². The molecule has 0 bridgehead atoms. The Balaban J connectivity index is 1.99. The molecule has 102 valence electrons. The van der Waals surface area contributed by atoms with Gasteiger partial charge in [-0.15, -0.1) is 0 Å². The van der Waals surface area contributed by atoms with Crippen LogP contribution in [0.15, 0.2) is 54.6 Å². The molecule has 0 fully saturated rings. The second-order valence-electron chi connectivity index (χ2n) is 3.90. The molecule has 0 saturated carbocycles. The molecule has 0 aromatic heterocycles. The fraction of sp³-hybridized carbons (Fsp3) is 0. The van der Waals surface area contributed by atoms with Crippen LogP contribution in [0.4, 0.5) is 21.0 Å². The van der Waals surface area contributed by atoms with Gasteiger partial charge in [0.05, 0.1) is 0 Å². The maximum Gasteiger partial charge on any atom is 0.417 e. The van der Waals surface area contributed by atoms with Gasteiger partial charge in [0.1, 0.15) is 5.75 Å². The van der Waals surface area contributed by atoms with Crippen molar-refractivity contribution < 1.29 is 14.3 Å². The minimum atomic E-state index is -0.684. The van der Waals surface area contributed by atoms with Crippen LogP contribution in [0, 0.1) is 0 Å². The number of benzene rings is 2. The number of hydrogen-bond donors (Lipinski definition) is 3. The fourth-order valence-corrected chi connectivity index (χ4v) is 1.55. The average molecular weight is 271 g/mol. The molecule has 2 aromatic carbocycles. The number of nitrogens with two attached hydrogens (primary N) is 1. The van der Waals surface area contributed by atoms with E-state index < -0.39 is 12.1 Å². The fourth-order valence-electron chi connectivity index (χ4n) is 1.55. The molecule has 0 aliphatic heterocycles. The Bertz CT molecular complexity index is 614. The second kappa shape index (κ2) is 6.24. The van der Waals surface area contributed by atoms with Crippen molar-refractivity contribution in [1.82, 2.24) is 0 Å². The summed E-state index contributed by atoms with van der Waals surface area (Å²) in [7, 11) is 0. The van der Waals surface area contributed by atoms with Crippen molar-refractivity contribution in [2.75, 3.05) is 10.6 Å². The van der Waals surface area contributed by atoms with Crippen LogP contribution in [0.25, 0.3) is 0 Å². The third kappa shape index (κ3) is 4.02. The van der Waals surface area contributed by atoms with Gasteiger partial charge in [0.2, 0.25) is 0 Å². The molecule has 2 aromatic rings. The molecule has 4 N–H and O–H groups in total. The van der Waals surface area contributed by atoms with E-state index >= 15 is 0 Å². The maximum atomic E-state index is 11.7. The van der Waals surface area contributed by atoms with E-state index in [0.29, 0.717) is 17.1 Å². The Kier molecular flexibility index (Phi) is 4.18. The summed E-state index contributed by atoms with van der Waals surface area (Å²) >= 11 is 0. The molecule has 3 amide bonds. The number of anilines is 2. The Labute approximate surface area is 115 Å². The molecule has 0 atom stereocenters. The van der Waals surface area contributed by atoms with Gasteiger partial charge in [-0.05, 0) is 24.3 Å². The molecule has 0 spiro atoms. The van der Waals surface area contributed by atoms with Crippen molar-refractivity contribution in [2.24, 2.45) is 5.73 Å². The van der Waals surface area contributed by atoms with E-state index in [2.05, 4.69) is 10.6 Å². The lowest BCUT2D eigenvalue weighted by Crippen LogP contribution is -2.19. The smallest absolute Gasteiger partial charge is 0.410 e. The monoisotopic (exact) mass is 271 g/mol. The molecule has 0 saturated heterocycles. The quantitative estimate of drug-likeness (QED) is 0.801. The van der Waals surface area contributed by atoms with Gasteiger partial charge in [-0.1, -0.05) is 24.3 Å². The average Bonchev–Trinajstić information content (AvgIpc) is 2.39. The number of para-hydroxylation sites is 1. The highest BCUT2D eigenvalue weighted by Gasteiger charge is 2.06. The van der Waals surface area contributed by atoms with Crippen LogP contribution in [0.5, 0.6) is 5.75 Å². The lowest BCUT2D eigenvalue weighted by molar-refractivity contribution is 0.215. The highest BCUT2D eigenvalue weighted by molar-refractivity contribution is 5.89. The van der Waals surface area contributed by atoms with Gasteiger partial charge in [-0.3, -0.25) is 5.32 Å². The molecule has 20 heavy (non-hydrogen) atoms. The van der Waals surface area contributed by atoms with Crippen molar-refractivity contribution in [3.63, 3.8) is 0 Å². The van der Waals surface area contributed by atoms with Gasteiger partial charge in [0.15, 0.2) is 0 Å². The summed E-state index contributed by atoms with van der Waals surface area (Å²) in [5.74, 6) is 0.296. The summed E-state index contributed by atoms with van der Waals surface area (Å²) in [5, 5.41) is 4.97. The molecule has 0 unspecified atom stereocenters. The molecule has 0 aliphatic carbocycles. The lowest BCUT2D eigenvalue weighted by Gasteiger charge is -2.08. The first-order chi connectivity index (χ1) is 9.63. The van der Waals surface area contributed by atoms with E-state index in [-0.39, 0.29) is 0 Å². The first-order valence-corrected chi connectivity index (χ1v) is 5.84. The van der Waals surface area contributed by atoms with Gasteiger partial charge in [-0.25, -0.2) is 9.59 Å². The third-order valence-corrected chi connectivity index (χ3v) is 2.33. The number of hydrogen-bond acceptors (Lipinski definition) is 3. The van der Waals surface area contributed by atoms with Gasteiger partial charge < -0.3 is 15.8 Å². The number of urea groups is 1. The molecule has 0 aliphatic rings. The number of amides is 3. The molecule has 2 rings (SSSR count). The lowest BCUT2D eigenvalue weighted by atomic mass is 10.3. The van der Waals surface area contributed by atoms with Crippen molar-refractivity contribution >= 4 is 23.5 Å². The molecular weight excluding hydrogens is 258 g/mol. The highest BCUT2D eigenvalue weighted by Crippen LogP contribution is 2.18. The zero-order valence-electron chi connectivity index (χ0n) is 10.5. The minimum absolute atomic E-state index is 0.296. The molecule has 0 radical (unpaired) electrons. The molecule has 6 nitrogen and oxygen atoms in total. The number of carbonyl (C=O) groups is 2. The standard InChI is InChI=1S/C14H13N3O3/c15-13(18)16-11-7-4-8-12(9-11)20-14(19)17-10-5-2-1-3-6-10/h1-9H,(H,17,19)(H3,15,16,18). The number of carbonyl (C=O) groups excluding carboxylic acids is 2. The largest absolute Gasteiger partial charge is 0.417 e. The summed E-state index contributed by atoms with van der Waals surface area (Å²) in [4.78, 5) is 22.4. The van der Waals surface area contributed by atoms with E-state index in [4.69, 9.17) is 10.5 Å². The normalized spacial score (nSPS) is 9.60. The highest BCUT2D eigenvalue weighted by atomic mass is 16.6. The van der Waals surface area contributed by atoms with E-state index in [1.807, 2.05) is 6.07 Å². The summed E-state index contributed by atoms with van der Waals surface area (Å²) in [5.41, 5.74) is 6.08. The van der Waals surface area contributed by atoms with E-state index in [1.54, 1.807) is 42.5 Å². The Hall–Kier alpha value is -3.02. The van der Waals surface area contributed by atoms with Crippen molar-refractivity contribution in [1.29, 1.82) is 0 Å². The zero-order valence-corrected chi connectivity index (χ0v) is 10.5. The number of ether oxygens (including phenoxy) is 1. The zero-order chi connectivity index (χ0) is 14.4. The van der Waals surface area contributed by atoms with E-state index in [0.717, 1.165) is 0 Å². The first kappa shape index (κ1) is 13.4. The maximum absolute atomic E-state index is 11.7. The van der Waals surface area contributed by atoms with Gasteiger partial charge in [-0.2, -0.15) is 0 Å². The molecule has 6 heteroatoms. The SMILES string of the molecule is NC(=O)Nc1cccc(OC(=O)Nc2ccccc2)c1. The Morgan fingerprint density at radius 1 is 0.900 bits per heavy atom. The van der Waals surface area contributed by atoms with E-state index in [9.17, 15) is 9.59 Å². The van der Waals surface area contributed by atoms with Crippen LogP contribution in [0.1, 0.15) is 0 Å². The Morgan fingerprint density at radius 3 is 2.30 bits per heavy atom. The van der Waals surface area contributed by atoms with Crippen LogP contribution in [-0.2, 0) is 0 Å². The van der Waals surface area contributed by atoms with Crippen molar-refractivity contribution in [3.8, 4) is 5.75 Å². The Morgan fingerprint density at radius 2 is 1.60 bits per heavy atom. The van der Waals surface area contributed by atoms with Crippen LogP contribution in [0.3, 0.4) is 0 Å². The number of rotatable bonds is 3. The predicted octanol–water partition coefficient (Wildman–Crippen LogP) is 2.79. The first-order valence-electron chi connectivity index (χ1n) is 5.84. The third-order valence-electron chi connectivity index (χ3n) is 2.33. The molecular formula is C14H13N3O3. The summed E-state index contributed by atoms with van der Waals surface area (Å²) in [6.07, 6.45) is -0.618. The van der Waals surface area contributed by atoms with E-state index in [1.165, 1.54) is 6.07 Å². The topological polar surface area (TPSA) is 93.5 Å². The van der Waals surface area contributed by atoms with Crippen molar-refractivity contribution in [2.45, 2.75) is 0 Å². The summed E-state index contributed by atoms with van der Waals surface area (Å²) in [6.45, 7) is 0. The predicted molar refractivity (Wildman–Crippen MR) is 75.7 cm³/mol. The second-order valence-corrected chi connectivity index (χ2v) is 3.90. The summed E-state index contributed by atoms with van der Waals surface area (Å²) < 4.78 is 5.10. The van der Waals surface area contributed by atoms with Crippen LogP contribution < -0.4 is 21.1 Å².